The average Bonchev–Trinajstić information content (AvgIpc) is 3.36. The topological polar surface area (TPSA) is 55.1 Å². The van der Waals surface area contributed by atoms with Crippen molar-refractivity contribution >= 4 is 44.0 Å². The minimum absolute atomic E-state index is 0.0770. The lowest BCUT2D eigenvalue weighted by molar-refractivity contribution is 0.0982. The second-order valence-electron chi connectivity index (χ2n) is 6.99. The highest BCUT2D eigenvalue weighted by Crippen LogP contribution is 2.31. The number of aromatic nitrogens is 1. The van der Waals surface area contributed by atoms with E-state index in [4.69, 9.17) is 9.40 Å². The first-order chi connectivity index (χ1) is 14.2. The first-order valence-corrected chi connectivity index (χ1v) is 10.2. The minimum Gasteiger partial charge on any atom is -0.453 e. The number of thiazole rings is 1. The van der Waals surface area contributed by atoms with E-state index in [0.29, 0.717) is 5.76 Å². The highest BCUT2D eigenvalue weighted by molar-refractivity contribution is 7.21. The fourth-order valence-corrected chi connectivity index (χ4v) is 4.34. The van der Waals surface area contributed by atoms with E-state index in [0.717, 1.165) is 32.7 Å². The summed E-state index contributed by atoms with van der Waals surface area (Å²) in [5.74, 6) is 0.298. The van der Waals surface area contributed by atoms with Crippen LogP contribution in [0.3, 0.4) is 0 Å². The third-order valence-corrected chi connectivity index (χ3v) is 5.90. The lowest BCUT2D eigenvalue weighted by Gasteiger charge is -2.05. The zero-order valence-electron chi connectivity index (χ0n) is 15.8. The molecule has 5 heteroatoms. The summed E-state index contributed by atoms with van der Waals surface area (Å²) in [7, 11) is 0. The average molecular weight is 398 g/mol. The van der Waals surface area contributed by atoms with Crippen molar-refractivity contribution in [2.24, 2.45) is 0 Å². The van der Waals surface area contributed by atoms with Crippen molar-refractivity contribution in [1.82, 2.24) is 4.98 Å². The van der Waals surface area contributed by atoms with Crippen LogP contribution >= 0.6 is 11.3 Å². The molecule has 5 aromatic rings. The second-order valence-corrected chi connectivity index (χ2v) is 8.02. The summed E-state index contributed by atoms with van der Waals surface area (Å²) in [4.78, 5) is 17.2. The maximum Gasteiger partial charge on any atom is 0.216 e. The Kier molecular flexibility index (Phi) is 4.37. The number of nitrogens with one attached hydrogen (secondary N) is 1. The maximum absolute atomic E-state index is 12.4. The molecule has 4 nitrogen and oxygen atoms in total. The summed E-state index contributed by atoms with van der Waals surface area (Å²) in [6.07, 6.45) is 0. The molecule has 0 spiro atoms. The number of ketones is 1. The van der Waals surface area contributed by atoms with Crippen molar-refractivity contribution in [3.8, 4) is 10.6 Å². The van der Waals surface area contributed by atoms with Gasteiger partial charge in [-0.1, -0.05) is 24.3 Å². The minimum atomic E-state index is -0.0770. The second kappa shape index (κ2) is 7.18. The van der Waals surface area contributed by atoms with E-state index in [1.165, 1.54) is 10.3 Å². The fourth-order valence-electron chi connectivity index (χ4n) is 3.27. The molecule has 0 unspecified atom stereocenters. The monoisotopic (exact) mass is 398 g/mol. The molecule has 0 aliphatic rings. The molecule has 0 fully saturated rings. The van der Waals surface area contributed by atoms with E-state index in [9.17, 15) is 4.79 Å². The molecule has 0 bridgehead atoms. The number of rotatable bonds is 5. The molecule has 2 heterocycles. The molecule has 142 valence electrons. The molecule has 3 aromatic carbocycles. The van der Waals surface area contributed by atoms with Crippen LogP contribution in [0, 0.1) is 6.92 Å². The number of hydrogen-bond acceptors (Lipinski definition) is 5. The number of para-hydroxylation sites is 1. The highest BCUT2D eigenvalue weighted by Gasteiger charge is 2.12. The van der Waals surface area contributed by atoms with Crippen molar-refractivity contribution < 1.29 is 9.21 Å². The van der Waals surface area contributed by atoms with Crippen LogP contribution in [0.5, 0.6) is 0 Å². The van der Waals surface area contributed by atoms with Crippen LogP contribution in [-0.2, 0) is 0 Å². The Morgan fingerprint density at radius 3 is 2.69 bits per heavy atom. The Morgan fingerprint density at radius 1 is 1.03 bits per heavy atom. The molecule has 0 aliphatic carbocycles. The van der Waals surface area contributed by atoms with E-state index >= 15 is 0 Å². The van der Waals surface area contributed by atoms with Gasteiger partial charge in [0.2, 0.25) is 5.78 Å². The SMILES string of the molecule is Cc1ccc2nc(-c3ccc(NCC(=O)c4cc5ccccc5o4)cc3)sc2c1. The summed E-state index contributed by atoms with van der Waals surface area (Å²) in [5, 5.41) is 5.11. The van der Waals surface area contributed by atoms with Gasteiger partial charge in [0.15, 0.2) is 5.76 Å². The highest BCUT2D eigenvalue weighted by atomic mass is 32.1. The number of carbonyl (C=O) groups is 1. The molecule has 0 saturated heterocycles. The summed E-state index contributed by atoms with van der Waals surface area (Å²) < 4.78 is 6.83. The van der Waals surface area contributed by atoms with Gasteiger partial charge in [0, 0.05) is 16.6 Å². The number of benzene rings is 3. The van der Waals surface area contributed by atoms with Gasteiger partial charge in [-0.05, 0) is 61.0 Å². The van der Waals surface area contributed by atoms with Gasteiger partial charge in [-0.15, -0.1) is 11.3 Å². The van der Waals surface area contributed by atoms with Crippen LogP contribution in [0.4, 0.5) is 5.69 Å². The fraction of sp³-hybridized carbons (Fsp3) is 0.0833. The number of hydrogen-bond donors (Lipinski definition) is 1. The van der Waals surface area contributed by atoms with Gasteiger partial charge in [0.1, 0.15) is 10.6 Å². The van der Waals surface area contributed by atoms with Crippen LogP contribution in [-0.4, -0.2) is 17.3 Å². The van der Waals surface area contributed by atoms with Gasteiger partial charge in [0.05, 0.1) is 16.8 Å². The maximum atomic E-state index is 12.4. The molecular weight excluding hydrogens is 380 g/mol. The van der Waals surface area contributed by atoms with E-state index in [2.05, 4.69) is 30.4 Å². The number of fused-ring (bicyclic) bond motifs is 2. The van der Waals surface area contributed by atoms with E-state index in [1.54, 1.807) is 17.4 Å². The zero-order chi connectivity index (χ0) is 19.8. The van der Waals surface area contributed by atoms with E-state index in [1.807, 2.05) is 48.5 Å². The van der Waals surface area contributed by atoms with Gasteiger partial charge in [-0.25, -0.2) is 4.98 Å². The predicted molar refractivity (Wildman–Crippen MR) is 119 cm³/mol. The quantitative estimate of drug-likeness (QED) is 0.352. The van der Waals surface area contributed by atoms with E-state index in [-0.39, 0.29) is 12.3 Å². The summed E-state index contributed by atoms with van der Waals surface area (Å²) >= 11 is 1.69. The van der Waals surface area contributed by atoms with Gasteiger partial charge >= 0.3 is 0 Å². The number of furan rings is 1. The third kappa shape index (κ3) is 3.52. The smallest absolute Gasteiger partial charge is 0.216 e. The Morgan fingerprint density at radius 2 is 1.86 bits per heavy atom. The number of aryl methyl sites for hydroxylation is 1. The van der Waals surface area contributed by atoms with Gasteiger partial charge in [-0.2, -0.15) is 0 Å². The van der Waals surface area contributed by atoms with Crippen LogP contribution in [0.1, 0.15) is 16.1 Å². The van der Waals surface area contributed by atoms with Crippen LogP contribution in [0.15, 0.2) is 77.2 Å². The first-order valence-electron chi connectivity index (χ1n) is 9.39. The van der Waals surface area contributed by atoms with Crippen LogP contribution in [0.25, 0.3) is 31.8 Å². The summed E-state index contributed by atoms with van der Waals surface area (Å²) in [5.41, 5.74) is 4.94. The Hall–Kier alpha value is -3.44. The molecule has 29 heavy (non-hydrogen) atoms. The Balaban J connectivity index is 1.29. The molecule has 0 atom stereocenters. The molecule has 5 rings (SSSR count). The first kappa shape index (κ1) is 17.6. The summed E-state index contributed by atoms with van der Waals surface area (Å²) in [6.45, 7) is 2.27. The zero-order valence-corrected chi connectivity index (χ0v) is 16.6. The van der Waals surface area contributed by atoms with Crippen molar-refractivity contribution in [3.63, 3.8) is 0 Å². The molecule has 0 saturated carbocycles. The predicted octanol–water partition coefficient (Wildman–Crippen LogP) is 6.31. The molecule has 2 aromatic heterocycles. The van der Waals surface area contributed by atoms with Crippen molar-refractivity contribution in [3.05, 3.63) is 84.1 Å². The summed E-state index contributed by atoms with van der Waals surface area (Å²) in [6, 6.07) is 23.7. The van der Waals surface area contributed by atoms with Crippen LogP contribution < -0.4 is 5.32 Å². The molecule has 1 N–H and O–H groups in total. The molecule has 0 amide bonds. The van der Waals surface area contributed by atoms with Crippen LogP contribution in [0.2, 0.25) is 0 Å². The Bertz CT molecular complexity index is 1300. The number of carbonyl (C=O) groups excluding carboxylic acids is 1. The van der Waals surface area contributed by atoms with Crippen molar-refractivity contribution in [2.45, 2.75) is 6.92 Å². The van der Waals surface area contributed by atoms with E-state index < -0.39 is 0 Å². The third-order valence-electron chi connectivity index (χ3n) is 4.83. The largest absolute Gasteiger partial charge is 0.453 e. The van der Waals surface area contributed by atoms with Gasteiger partial charge in [0.25, 0.3) is 0 Å². The number of nitrogens with zero attached hydrogens (tertiary/aromatic N) is 1. The normalized spacial score (nSPS) is 11.2. The van der Waals surface area contributed by atoms with Crippen molar-refractivity contribution in [1.29, 1.82) is 0 Å². The number of Topliss-reactive ketones (excluding diaryl/α,β-unsaturated/α-hetero) is 1. The standard InChI is InChI=1S/C24H18N2O2S/c1-15-6-11-19-23(12-15)29-24(26-19)16-7-9-18(10-8-16)25-14-20(27)22-13-17-4-2-3-5-21(17)28-22/h2-13,25H,14H2,1H3. The molecular formula is C24H18N2O2S. The van der Waals surface area contributed by atoms with Gasteiger partial charge in [-0.3, -0.25) is 4.79 Å². The molecule has 0 aliphatic heterocycles. The lowest BCUT2D eigenvalue weighted by atomic mass is 10.2. The number of anilines is 1. The van der Waals surface area contributed by atoms with Crippen molar-refractivity contribution in [2.75, 3.05) is 11.9 Å². The lowest BCUT2D eigenvalue weighted by Crippen LogP contribution is -2.13. The Labute approximate surface area is 171 Å². The van der Waals surface area contributed by atoms with Gasteiger partial charge < -0.3 is 9.73 Å². The molecule has 0 radical (unpaired) electrons.